The lowest BCUT2D eigenvalue weighted by molar-refractivity contribution is -0.385. The van der Waals surface area contributed by atoms with Gasteiger partial charge in [-0.05, 0) is 26.3 Å². The van der Waals surface area contributed by atoms with Crippen LogP contribution in [0, 0.1) is 10.1 Å². The molecule has 1 N–H and O–H groups in total. The van der Waals surface area contributed by atoms with Crippen molar-refractivity contribution in [2.24, 2.45) is 0 Å². The number of hydrogen-bond donors (Lipinski definition) is 1. The third-order valence-corrected chi connectivity index (χ3v) is 3.26. The third kappa shape index (κ3) is 5.57. The van der Waals surface area contributed by atoms with Gasteiger partial charge in [0.15, 0.2) is 6.10 Å². The van der Waals surface area contributed by atoms with Crippen LogP contribution in [-0.4, -0.2) is 22.9 Å². The molecule has 0 aliphatic heterocycles. The number of anilines is 1. The van der Waals surface area contributed by atoms with Crippen LogP contribution in [0.1, 0.15) is 32.8 Å². The Balaban J connectivity index is 3.00. The lowest BCUT2D eigenvalue weighted by atomic mass is 10.1. The molecule has 142 valence electrons. The Bertz CT molecular complexity index is 744. The summed E-state index contributed by atoms with van der Waals surface area (Å²) in [5.74, 6) is -1.77. The quantitative estimate of drug-likeness (QED) is 0.353. The summed E-state index contributed by atoms with van der Waals surface area (Å²) in [5, 5.41) is 12.6. The summed E-state index contributed by atoms with van der Waals surface area (Å²) in [4.78, 5) is 33.4. The van der Waals surface area contributed by atoms with Crippen molar-refractivity contribution in [2.45, 2.75) is 39.5 Å². The molecular weight excluding hydrogens is 357 g/mol. The maximum atomic E-state index is 13.1. The van der Waals surface area contributed by atoms with E-state index in [9.17, 15) is 32.9 Å². The van der Waals surface area contributed by atoms with Crippen molar-refractivity contribution in [2.75, 3.05) is 5.32 Å². The maximum Gasteiger partial charge on any atom is 0.418 e. The highest BCUT2D eigenvalue weighted by Gasteiger charge is 2.36. The largest absolute Gasteiger partial charge is 0.449 e. The first-order valence-electron chi connectivity index (χ1n) is 7.51. The highest BCUT2D eigenvalue weighted by atomic mass is 19.4. The van der Waals surface area contributed by atoms with E-state index in [1.165, 1.54) is 13.8 Å². The number of esters is 1. The summed E-state index contributed by atoms with van der Waals surface area (Å²) in [7, 11) is 0. The average molecular weight is 374 g/mol. The summed E-state index contributed by atoms with van der Waals surface area (Å²) in [6.07, 6.45) is -4.14. The monoisotopic (exact) mass is 374 g/mol. The van der Waals surface area contributed by atoms with E-state index in [-0.39, 0.29) is 5.57 Å². The van der Waals surface area contributed by atoms with Gasteiger partial charge in [-0.3, -0.25) is 14.9 Å². The van der Waals surface area contributed by atoms with Crippen LogP contribution in [0.2, 0.25) is 0 Å². The van der Waals surface area contributed by atoms with Gasteiger partial charge in [0.05, 0.1) is 16.2 Å². The lowest BCUT2D eigenvalue weighted by Crippen LogP contribution is -2.31. The molecule has 1 aromatic rings. The van der Waals surface area contributed by atoms with Crippen molar-refractivity contribution in [3.05, 3.63) is 45.5 Å². The second kappa shape index (κ2) is 8.45. The smallest absolute Gasteiger partial charge is 0.418 e. The Labute approximate surface area is 147 Å². The SMILES string of the molecule is CC/C=C(/C)C(=O)OC(C)C(=O)Nc1ccc([N+](=O)[O-])cc1C(F)(F)F. The van der Waals surface area contributed by atoms with E-state index in [1.54, 1.807) is 13.0 Å². The van der Waals surface area contributed by atoms with Gasteiger partial charge in [-0.1, -0.05) is 13.0 Å². The summed E-state index contributed by atoms with van der Waals surface area (Å²) in [6.45, 7) is 4.47. The molecule has 0 spiro atoms. The molecule has 26 heavy (non-hydrogen) atoms. The molecule has 1 unspecified atom stereocenters. The van der Waals surface area contributed by atoms with Gasteiger partial charge in [0.1, 0.15) is 0 Å². The normalized spacial score (nSPS) is 13.1. The molecule has 1 aromatic carbocycles. The van der Waals surface area contributed by atoms with E-state index < -0.39 is 46.0 Å². The molecule has 7 nitrogen and oxygen atoms in total. The molecule has 1 atom stereocenters. The zero-order chi connectivity index (χ0) is 20.1. The zero-order valence-corrected chi connectivity index (χ0v) is 14.2. The van der Waals surface area contributed by atoms with Crippen LogP contribution in [0.25, 0.3) is 0 Å². The van der Waals surface area contributed by atoms with Crippen LogP contribution in [-0.2, 0) is 20.5 Å². The fourth-order valence-corrected chi connectivity index (χ4v) is 1.92. The fraction of sp³-hybridized carbons (Fsp3) is 0.375. The van der Waals surface area contributed by atoms with Crippen molar-refractivity contribution in [3.8, 4) is 0 Å². The molecule has 0 saturated heterocycles. The first kappa shape index (κ1) is 21.1. The van der Waals surface area contributed by atoms with E-state index in [1.807, 2.05) is 5.32 Å². The Kier molecular flexibility index (Phi) is 6.87. The van der Waals surface area contributed by atoms with Crippen molar-refractivity contribution in [3.63, 3.8) is 0 Å². The Morgan fingerprint density at radius 3 is 2.50 bits per heavy atom. The van der Waals surface area contributed by atoms with Gasteiger partial charge in [-0.2, -0.15) is 13.2 Å². The van der Waals surface area contributed by atoms with E-state index in [4.69, 9.17) is 4.74 Å². The number of halogens is 3. The van der Waals surface area contributed by atoms with E-state index in [0.29, 0.717) is 12.5 Å². The topological polar surface area (TPSA) is 98.5 Å². The van der Waals surface area contributed by atoms with Crippen LogP contribution in [0.3, 0.4) is 0 Å². The van der Waals surface area contributed by atoms with Crippen molar-refractivity contribution < 1.29 is 32.4 Å². The van der Waals surface area contributed by atoms with Crippen LogP contribution in [0.4, 0.5) is 24.5 Å². The molecule has 10 heteroatoms. The average Bonchev–Trinajstić information content (AvgIpc) is 2.53. The van der Waals surface area contributed by atoms with Gasteiger partial charge >= 0.3 is 12.1 Å². The van der Waals surface area contributed by atoms with E-state index in [2.05, 4.69) is 0 Å². The van der Waals surface area contributed by atoms with Crippen LogP contribution in [0.15, 0.2) is 29.8 Å². The number of ether oxygens (including phenoxy) is 1. The molecule has 0 heterocycles. The number of alkyl halides is 3. The number of allylic oxidation sites excluding steroid dienone is 1. The van der Waals surface area contributed by atoms with E-state index >= 15 is 0 Å². The fourth-order valence-electron chi connectivity index (χ4n) is 1.92. The van der Waals surface area contributed by atoms with Crippen LogP contribution in [0.5, 0.6) is 0 Å². The number of carbonyl (C=O) groups is 2. The first-order chi connectivity index (χ1) is 12.0. The molecule has 0 fully saturated rings. The minimum absolute atomic E-state index is 0.262. The van der Waals surface area contributed by atoms with Crippen LogP contribution < -0.4 is 5.32 Å². The van der Waals surface area contributed by atoms with Crippen molar-refractivity contribution in [1.82, 2.24) is 0 Å². The molecule has 1 amide bonds. The summed E-state index contributed by atoms with van der Waals surface area (Å²) in [5.41, 5.74) is -2.55. The predicted octanol–water partition coefficient (Wildman–Crippen LogP) is 3.84. The first-order valence-corrected chi connectivity index (χ1v) is 7.51. The number of carbonyl (C=O) groups excluding carboxylic acids is 2. The van der Waals surface area contributed by atoms with Crippen molar-refractivity contribution >= 4 is 23.3 Å². The van der Waals surface area contributed by atoms with Gasteiger partial charge in [0.25, 0.3) is 11.6 Å². The molecule has 0 radical (unpaired) electrons. The molecule has 1 rings (SSSR count). The Morgan fingerprint density at radius 1 is 1.38 bits per heavy atom. The summed E-state index contributed by atoms with van der Waals surface area (Å²) in [6, 6.07) is 1.92. The minimum Gasteiger partial charge on any atom is -0.449 e. The molecule has 0 saturated carbocycles. The second-order valence-corrected chi connectivity index (χ2v) is 5.32. The number of nitro benzene ring substituents is 1. The van der Waals surface area contributed by atoms with Crippen LogP contribution >= 0.6 is 0 Å². The lowest BCUT2D eigenvalue weighted by Gasteiger charge is -2.17. The number of rotatable bonds is 6. The van der Waals surface area contributed by atoms with Gasteiger partial charge in [0.2, 0.25) is 0 Å². The number of nitrogens with one attached hydrogen (secondary N) is 1. The number of benzene rings is 1. The number of amides is 1. The third-order valence-electron chi connectivity index (χ3n) is 3.26. The second-order valence-electron chi connectivity index (χ2n) is 5.32. The number of nitrogens with zero attached hydrogens (tertiary/aromatic N) is 1. The van der Waals surface area contributed by atoms with Gasteiger partial charge < -0.3 is 10.1 Å². The Hall–Kier alpha value is -2.91. The molecule has 0 aromatic heterocycles. The van der Waals surface area contributed by atoms with Gasteiger partial charge in [-0.25, -0.2) is 4.79 Å². The highest BCUT2D eigenvalue weighted by Crippen LogP contribution is 2.37. The molecule has 0 bridgehead atoms. The number of nitro groups is 1. The van der Waals surface area contributed by atoms with Crippen molar-refractivity contribution in [1.29, 1.82) is 0 Å². The highest BCUT2D eigenvalue weighted by molar-refractivity contribution is 5.97. The van der Waals surface area contributed by atoms with E-state index in [0.717, 1.165) is 12.1 Å². The number of non-ortho nitro benzene ring substituents is 1. The predicted molar refractivity (Wildman–Crippen MR) is 86.3 cm³/mol. The van der Waals surface area contributed by atoms with Gasteiger partial charge in [-0.15, -0.1) is 0 Å². The summed E-state index contributed by atoms with van der Waals surface area (Å²) >= 11 is 0. The van der Waals surface area contributed by atoms with Gasteiger partial charge in [0, 0.05) is 17.7 Å². The Morgan fingerprint density at radius 2 is 2.00 bits per heavy atom. The summed E-state index contributed by atoms with van der Waals surface area (Å²) < 4.78 is 44.1. The minimum atomic E-state index is -4.92. The maximum absolute atomic E-state index is 13.1. The molecule has 0 aliphatic rings. The number of hydrogen-bond acceptors (Lipinski definition) is 5. The molecular formula is C16H17F3N2O5. The molecule has 0 aliphatic carbocycles. The standard InChI is InChI=1S/C16H17F3N2O5/c1-4-5-9(2)15(23)26-10(3)14(22)20-13-7-6-11(21(24)25)8-12(13)16(17,18)19/h5-8,10H,4H2,1-3H3,(H,20,22)/b9-5-. The zero-order valence-electron chi connectivity index (χ0n) is 14.2.